The van der Waals surface area contributed by atoms with Gasteiger partial charge in [0.05, 0.1) is 6.04 Å². The summed E-state index contributed by atoms with van der Waals surface area (Å²) in [5.74, 6) is 0.819. The van der Waals surface area contributed by atoms with Crippen LogP contribution in [-0.2, 0) is 4.79 Å². The summed E-state index contributed by atoms with van der Waals surface area (Å²) in [6, 6.07) is 0.108. The van der Waals surface area contributed by atoms with Crippen LogP contribution in [0.15, 0.2) is 0 Å². The van der Waals surface area contributed by atoms with E-state index in [0.29, 0.717) is 5.92 Å². The van der Waals surface area contributed by atoms with Gasteiger partial charge >= 0.3 is 0 Å². The Morgan fingerprint density at radius 1 is 1.31 bits per heavy atom. The highest BCUT2D eigenvalue weighted by atomic mass is 16.2. The van der Waals surface area contributed by atoms with Gasteiger partial charge in [-0.2, -0.15) is 0 Å². The zero-order chi connectivity index (χ0) is 11.4. The summed E-state index contributed by atoms with van der Waals surface area (Å²) in [4.78, 5) is 14.3. The fourth-order valence-electron chi connectivity index (χ4n) is 2.84. The molecule has 0 bridgehead atoms. The molecule has 4 heteroatoms. The lowest BCUT2D eigenvalue weighted by atomic mass is 9.95. The number of carbonyl (C=O) groups excluding carboxylic acids is 1. The first-order valence-electron chi connectivity index (χ1n) is 6.53. The molecule has 2 aliphatic heterocycles. The van der Waals surface area contributed by atoms with E-state index in [0.717, 1.165) is 45.4 Å². The van der Waals surface area contributed by atoms with Gasteiger partial charge in [-0.25, -0.2) is 0 Å². The van der Waals surface area contributed by atoms with Gasteiger partial charge in [-0.1, -0.05) is 0 Å². The van der Waals surface area contributed by atoms with Crippen LogP contribution in [0.5, 0.6) is 0 Å². The van der Waals surface area contributed by atoms with E-state index in [-0.39, 0.29) is 11.9 Å². The van der Waals surface area contributed by atoms with Crippen LogP contribution in [0.3, 0.4) is 0 Å². The molecule has 0 spiro atoms. The molecular weight excluding hydrogens is 202 g/mol. The number of nitrogens with two attached hydrogens (primary N) is 1. The van der Waals surface area contributed by atoms with E-state index in [1.165, 1.54) is 12.8 Å². The lowest BCUT2D eigenvalue weighted by molar-refractivity contribution is -0.126. The van der Waals surface area contributed by atoms with Crippen LogP contribution < -0.4 is 11.1 Å². The normalized spacial score (nSPS) is 33.2. The summed E-state index contributed by atoms with van der Waals surface area (Å²) in [5.41, 5.74) is 5.73. The Kier molecular flexibility index (Phi) is 4.18. The predicted molar refractivity (Wildman–Crippen MR) is 64.0 cm³/mol. The highest BCUT2D eigenvalue weighted by molar-refractivity contribution is 5.81. The molecular formula is C12H23N3O. The Labute approximate surface area is 97.6 Å². The molecule has 1 amide bonds. The summed E-state index contributed by atoms with van der Waals surface area (Å²) in [5, 5.41) is 3.01. The van der Waals surface area contributed by atoms with E-state index in [1.54, 1.807) is 0 Å². The van der Waals surface area contributed by atoms with Gasteiger partial charge in [-0.15, -0.1) is 0 Å². The largest absolute Gasteiger partial charge is 0.355 e. The molecule has 2 atom stereocenters. The van der Waals surface area contributed by atoms with Crippen LogP contribution in [0.4, 0.5) is 0 Å². The van der Waals surface area contributed by atoms with Crippen LogP contribution in [0.25, 0.3) is 0 Å². The Bertz CT molecular complexity index is 244. The molecule has 0 radical (unpaired) electrons. The maximum atomic E-state index is 11.9. The average molecular weight is 225 g/mol. The fourth-order valence-corrected chi connectivity index (χ4v) is 2.84. The van der Waals surface area contributed by atoms with Crippen molar-refractivity contribution in [2.45, 2.75) is 38.1 Å². The zero-order valence-electron chi connectivity index (χ0n) is 9.95. The van der Waals surface area contributed by atoms with Crippen molar-refractivity contribution in [1.29, 1.82) is 0 Å². The first-order chi connectivity index (χ1) is 7.81. The first-order valence-corrected chi connectivity index (χ1v) is 6.53. The molecule has 2 unspecified atom stereocenters. The van der Waals surface area contributed by atoms with E-state index in [9.17, 15) is 4.79 Å². The standard InChI is InChI=1S/C12H23N3O/c13-8-10-4-3-7-15(9-10)11-5-1-2-6-14-12(11)16/h10-11H,1-9,13H2,(H,14,16). The highest BCUT2D eigenvalue weighted by Crippen LogP contribution is 2.21. The minimum absolute atomic E-state index is 0.108. The first kappa shape index (κ1) is 11.9. The van der Waals surface area contributed by atoms with Crippen molar-refractivity contribution in [3.63, 3.8) is 0 Å². The van der Waals surface area contributed by atoms with E-state index < -0.39 is 0 Å². The number of hydrogen-bond donors (Lipinski definition) is 2. The highest BCUT2D eigenvalue weighted by Gasteiger charge is 2.30. The lowest BCUT2D eigenvalue weighted by Gasteiger charge is -2.36. The Hall–Kier alpha value is -0.610. The summed E-state index contributed by atoms with van der Waals surface area (Å²) < 4.78 is 0. The van der Waals surface area contributed by atoms with Crippen molar-refractivity contribution in [2.24, 2.45) is 11.7 Å². The van der Waals surface area contributed by atoms with Crippen molar-refractivity contribution < 1.29 is 4.79 Å². The van der Waals surface area contributed by atoms with Crippen LogP contribution >= 0.6 is 0 Å². The van der Waals surface area contributed by atoms with Crippen LogP contribution in [-0.4, -0.2) is 43.0 Å². The summed E-state index contributed by atoms with van der Waals surface area (Å²) in [7, 11) is 0. The van der Waals surface area contributed by atoms with E-state index in [1.807, 2.05) is 0 Å². The SMILES string of the molecule is NCC1CCCN(C2CCCCNC2=O)C1. The van der Waals surface area contributed by atoms with Gasteiger partial charge in [0, 0.05) is 13.1 Å². The quantitative estimate of drug-likeness (QED) is 0.712. The van der Waals surface area contributed by atoms with Gasteiger partial charge in [0.25, 0.3) is 0 Å². The average Bonchev–Trinajstić information content (AvgIpc) is 2.54. The Morgan fingerprint density at radius 2 is 2.19 bits per heavy atom. The summed E-state index contributed by atoms with van der Waals surface area (Å²) in [6.07, 6.45) is 5.71. The van der Waals surface area contributed by atoms with Gasteiger partial charge in [0.2, 0.25) is 5.91 Å². The number of amides is 1. The van der Waals surface area contributed by atoms with Gasteiger partial charge in [-0.05, 0) is 51.1 Å². The topological polar surface area (TPSA) is 58.4 Å². The molecule has 2 rings (SSSR count). The number of nitrogens with one attached hydrogen (secondary N) is 1. The summed E-state index contributed by atoms with van der Waals surface area (Å²) in [6.45, 7) is 3.68. The minimum atomic E-state index is 0.108. The molecule has 0 aromatic heterocycles. The monoisotopic (exact) mass is 225 g/mol. The maximum absolute atomic E-state index is 11.9. The molecule has 16 heavy (non-hydrogen) atoms. The third-order valence-corrected chi connectivity index (χ3v) is 3.83. The molecule has 0 aromatic carbocycles. The van der Waals surface area contributed by atoms with Crippen molar-refractivity contribution in [1.82, 2.24) is 10.2 Å². The van der Waals surface area contributed by atoms with Crippen molar-refractivity contribution in [3.05, 3.63) is 0 Å². The number of piperidine rings is 1. The fraction of sp³-hybridized carbons (Fsp3) is 0.917. The number of nitrogens with zero attached hydrogens (tertiary/aromatic N) is 1. The predicted octanol–water partition coefficient (Wildman–Crippen LogP) is 0.326. The van der Waals surface area contributed by atoms with Crippen LogP contribution in [0.2, 0.25) is 0 Å². The second-order valence-electron chi connectivity index (χ2n) is 5.04. The molecule has 2 saturated heterocycles. The second kappa shape index (κ2) is 5.64. The van der Waals surface area contributed by atoms with E-state index in [4.69, 9.17) is 5.73 Å². The van der Waals surface area contributed by atoms with Gasteiger partial charge in [0.1, 0.15) is 0 Å². The third kappa shape index (κ3) is 2.74. The van der Waals surface area contributed by atoms with Crippen LogP contribution in [0.1, 0.15) is 32.1 Å². The van der Waals surface area contributed by atoms with Crippen molar-refractivity contribution >= 4 is 5.91 Å². The molecule has 2 heterocycles. The molecule has 92 valence electrons. The van der Waals surface area contributed by atoms with Crippen molar-refractivity contribution in [2.75, 3.05) is 26.2 Å². The third-order valence-electron chi connectivity index (χ3n) is 3.83. The van der Waals surface area contributed by atoms with Gasteiger partial charge in [-0.3, -0.25) is 9.69 Å². The van der Waals surface area contributed by atoms with Gasteiger partial charge in [0.15, 0.2) is 0 Å². The number of rotatable bonds is 2. The molecule has 0 aromatic rings. The van der Waals surface area contributed by atoms with E-state index >= 15 is 0 Å². The molecule has 2 fully saturated rings. The molecule has 3 N–H and O–H groups in total. The molecule has 4 nitrogen and oxygen atoms in total. The molecule has 0 saturated carbocycles. The zero-order valence-corrected chi connectivity index (χ0v) is 9.95. The minimum Gasteiger partial charge on any atom is -0.355 e. The molecule has 2 aliphatic rings. The van der Waals surface area contributed by atoms with E-state index in [2.05, 4.69) is 10.2 Å². The maximum Gasteiger partial charge on any atom is 0.237 e. The lowest BCUT2D eigenvalue weighted by Crippen LogP contribution is -2.50. The second-order valence-corrected chi connectivity index (χ2v) is 5.04. The number of hydrogen-bond acceptors (Lipinski definition) is 3. The van der Waals surface area contributed by atoms with Gasteiger partial charge < -0.3 is 11.1 Å². The molecule has 0 aliphatic carbocycles. The van der Waals surface area contributed by atoms with Crippen LogP contribution in [0, 0.1) is 5.92 Å². The smallest absolute Gasteiger partial charge is 0.237 e. The number of likely N-dealkylation sites (tertiary alicyclic amines) is 1. The number of carbonyl (C=O) groups is 1. The Balaban J connectivity index is 1.95. The summed E-state index contributed by atoms with van der Waals surface area (Å²) >= 11 is 0. The van der Waals surface area contributed by atoms with Crippen molar-refractivity contribution in [3.8, 4) is 0 Å². The Morgan fingerprint density at radius 3 is 3.00 bits per heavy atom.